The van der Waals surface area contributed by atoms with Crippen molar-refractivity contribution in [3.8, 4) is 17.0 Å². The lowest BCUT2D eigenvalue weighted by atomic mass is 10.1. The maximum atomic E-state index is 13.6. The van der Waals surface area contributed by atoms with E-state index in [4.69, 9.17) is 9.26 Å². The predicted octanol–water partition coefficient (Wildman–Crippen LogP) is 4.82. The molecule has 0 fully saturated rings. The van der Waals surface area contributed by atoms with Gasteiger partial charge in [-0.1, -0.05) is 35.5 Å². The number of benzene rings is 2. The van der Waals surface area contributed by atoms with Crippen molar-refractivity contribution in [2.24, 2.45) is 0 Å². The van der Waals surface area contributed by atoms with E-state index in [0.29, 0.717) is 11.5 Å². The molecule has 2 aromatic carbocycles. The van der Waals surface area contributed by atoms with Crippen LogP contribution in [0.25, 0.3) is 11.3 Å². The molecule has 0 aliphatic heterocycles. The van der Waals surface area contributed by atoms with Gasteiger partial charge in [0.15, 0.2) is 0 Å². The summed E-state index contributed by atoms with van der Waals surface area (Å²) in [6.45, 7) is 3.27. The second-order valence-electron chi connectivity index (χ2n) is 5.23. The van der Waals surface area contributed by atoms with E-state index < -0.39 is 11.6 Å². The van der Waals surface area contributed by atoms with Gasteiger partial charge in [0, 0.05) is 23.3 Å². The third kappa shape index (κ3) is 3.08. The molecule has 23 heavy (non-hydrogen) atoms. The van der Waals surface area contributed by atoms with Crippen molar-refractivity contribution < 1.29 is 18.0 Å². The molecule has 0 N–H and O–H groups in total. The van der Waals surface area contributed by atoms with Crippen molar-refractivity contribution in [2.45, 2.75) is 20.5 Å². The molecule has 0 saturated carbocycles. The number of hydrogen-bond donors (Lipinski definition) is 0. The highest BCUT2D eigenvalue weighted by Gasteiger charge is 2.16. The molecule has 0 aliphatic rings. The number of rotatable bonds is 4. The van der Waals surface area contributed by atoms with Crippen LogP contribution in [0.2, 0.25) is 0 Å². The lowest BCUT2D eigenvalue weighted by molar-refractivity contribution is 0.298. The van der Waals surface area contributed by atoms with Crippen LogP contribution < -0.4 is 4.74 Å². The molecule has 3 aromatic rings. The van der Waals surface area contributed by atoms with Gasteiger partial charge in [-0.3, -0.25) is 0 Å². The first-order valence-electron chi connectivity index (χ1n) is 7.15. The van der Waals surface area contributed by atoms with Crippen molar-refractivity contribution in [3.05, 3.63) is 71.0 Å². The molecule has 1 heterocycles. The average molecular weight is 315 g/mol. The monoisotopic (exact) mass is 315 g/mol. The topological polar surface area (TPSA) is 35.3 Å². The zero-order valence-electron chi connectivity index (χ0n) is 12.8. The van der Waals surface area contributed by atoms with Crippen LogP contribution in [0.5, 0.6) is 5.75 Å². The molecule has 3 nitrogen and oxygen atoms in total. The second kappa shape index (κ2) is 6.20. The van der Waals surface area contributed by atoms with Crippen LogP contribution >= 0.6 is 0 Å². The highest BCUT2D eigenvalue weighted by molar-refractivity contribution is 5.63. The minimum atomic E-state index is -0.634. The highest BCUT2D eigenvalue weighted by Crippen LogP contribution is 2.27. The predicted molar refractivity (Wildman–Crippen MR) is 82.1 cm³/mol. The van der Waals surface area contributed by atoms with E-state index in [1.165, 1.54) is 19.1 Å². The first-order valence-corrected chi connectivity index (χ1v) is 7.15. The number of nitrogens with zero attached hydrogens (tertiary/aromatic N) is 1. The van der Waals surface area contributed by atoms with Gasteiger partial charge in [-0.15, -0.1) is 0 Å². The van der Waals surface area contributed by atoms with Gasteiger partial charge >= 0.3 is 0 Å². The maximum Gasteiger partial charge on any atom is 0.140 e. The zero-order chi connectivity index (χ0) is 16.4. The van der Waals surface area contributed by atoms with Gasteiger partial charge in [0.05, 0.1) is 5.56 Å². The Balaban J connectivity index is 1.86. The third-order valence-electron chi connectivity index (χ3n) is 3.67. The Bertz CT molecular complexity index is 805. The van der Waals surface area contributed by atoms with E-state index in [9.17, 15) is 8.78 Å². The minimum absolute atomic E-state index is 0.0246. The summed E-state index contributed by atoms with van der Waals surface area (Å²) in [5, 5.41) is 4.04. The summed E-state index contributed by atoms with van der Waals surface area (Å²) in [5.41, 5.74) is 2.28. The molecule has 0 saturated heterocycles. The summed E-state index contributed by atoms with van der Waals surface area (Å²) < 4.78 is 37.9. The molecule has 1 aromatic heterocycles. The largest absolute Gasteiger partial charge is 0.488 e. The maximum absolute atomic E-state index is 13.6. The molecule has 118 valence electrons. The van der Waals surface area contributed by atoms with Gasteiger partial charge in [0.1, 0.15) is 35.4 Å². The van der Waals surface area contributed by atoms with Crippen LogP contribution in [0.1, 0.15) is 16.9 Å². The van der Waals surface area contributed by atoms with Crippen molar-refractivity contribution in [1.82, 2.24) is 5.16 Å². The first kappa shape index (κ1) is 15.2. The van der Waals surface area contributed by atoms with E-state index in [0.717, 1.165) is 11.1 Å². The van der Waals surface area contributed by atoms with Gasteiger partial charge in [-0.2, -0.15) is 0 Å². The van der Waals surface area contributed by atoms with Gasteiger partial charge < -0.3 is 9.26 Å². The summed E-state index contributed by atoms with van der Waals surface area (Å²) in [4.78, 5) is 0. The van der Waals surface area contributed by atoms with Crippen LogP contribution in [0.4, 0.5) is 8.78 Å². The van der Waals surface area contributed by atoms with Crippen molar-refractivity contribution in [2.75, 3.05) is 0 Å². The lowest BCUT2D eigenvalue weighted by Crippen LogP contribution is -2.00. The number of aromatic nitrogens is 1. The standard InChI is InChI=1S/C18H15F2NO2/c1-11-16(19)8-14(9-17(11)20)22-10-15-12(2)23-21-18(15)13-6-4-3-5-7-13/h3-9H,10H2,1-2H3. The van der Waals surface area contributed by atoms with E-state index >= 15 is 0 Å². The van der Waals surface area contributed by atoms with Crippen LogP contribution in [-0.2, 0) is 6.61 Å². The Kier molecular flexibility index (Phi) is 4.10. The summed E-state index contributed by atoms with van der Waals surface area (Å²) >= 11 is 0. The first-order chi connectivity index (χ1) is 11.1. The Morgan fingerprint density at radius 3 is 2.35 bits per heavy atom. The third-order valence-corrected chi connectivity index (χ3v) is 3.67. The highest BCUT2D eigenvalue weighted by atomic mass is 19.1. The molecule has 3 rings (SSSR count). The molecule has 0 atom stereocenters. The molecule has 0 radical (unpaired) electrons. The average Bonchev–Trinajstić information content (AvgIpc) is 2.92. The van der Waals surface area contributed by atoms with Gasteiger partial charge in [-0.05, 0) is 13.8 Å². The number of halogens is 2. The van der Waals surface area contributed by atoms with E-state index in [1.807, 2.05) is 30.3 Å². The number of hydrogen-bond acceptors (Lipinski definition) is 3. The fourth-order valence-corrected chi connectivity index (χ4v) is 2.24. The molecule has 0 spiro atoms. The summed E-state index contributed by atoms with van der Waals surface area (Å²) in [7, 11) is 0. The molecule has 0 amide bonds. The van der Waals surface area contributed by atoms with Crippen molar-refractivity contribution in [3.63, 3.8) is 0 Å². The Hall–Kier alpha value is -2.69. The molecule has 0 bridgehead atoms. The Morgan fingerprint density at radius 2 is 1.70 bits per heavy atom. The number of ether oxygens (including phenoxy) is 1. The van der Waals surface area contributed by atoms with Crippen LogP contribution in [-0.4, -0.2) is 5.16 Å². The lowest BCUT2D eigenvalue weighted by Gasteiger charge is -2.08. The van der Waals surface area contributed by atoms with Crippen molar-refractivity contribution in [1.29, 1.82) is 0 Å². The van der Waals surface area contributed by atoms with Crippen LogP contribution in [0.3, 0.4) is 0 Å². The molecular formula is C18H15F2NO2. The van der Waals surface area contributed by atoms with E-state index in [2.05, 4.69) is 5.16 Å². The van der Waals surface area contributed by atoms with E-state index in [1.54, 1.807) is 6.92 Å². The normalized spacial score (nSPS) is 10.8. The van der Waals surface area contributed by atoms with Gasteiger partial charge in [0.25, 0.3) is 0 Å². The fourth-order valence-electron chi connectivity index (χ4n) is 2.24. The minimum Gasteiger partial charge on any atom is -0.488 e. The SMILES string of the molecule is Cc1onc(-c2ccccc2)c1COc1cc(F)c(C)c(F)c1. The fraction of sp³-hybridized carbons (Fsp3) is 0.167. The summed E-state index contributed by atoms with van der Waals surface area (Å²) in [5.74, 6) is -0.530. The van der Waals surface area contributed by atoms with Crippen LogP contribution in [0, 0.1) is 25.5 Å². The van der Waals surface area contributed by atoms with E-state index in [-0.39, 0.29) is 17.9 Å². The quantitative estimate of drug-likeness (QED) is 0.692. The Morgan fingerprint density at radius 1 is 1.04 bits per heavy atom. The summed E-state index contributed by atoms with van der Waals surface area (Å²) in [6, 6.07) is 11.9. The number of aryl methyl sites for hydroxylation is 1. The molecule has 0 unspecified atom stereocenters. The smallest absolute Gasteiger partial charge is 0.140 e. The van der Waals surface area contributed by atoms with Gasteiger partial charge in [-0.25, -0.2) is 8.78 Å². The second-order valence-corrected chi connectivity index (χ2v) is 5.23. The molecule has 5 heteroatoms. The van der Waals surface area contributed by atoms with Crippen LogP contribution in [0.15, 0.2) is 47.0 Å². The van der Waals surface area contributed by atoms with Crippen molar-refractivity contribution >= 4 is 0 Å². The van der Waals surface area contributed by atoms with Gasteiger partial charge in [0.2, 0.25) is 0 Å². The molecular weight excluding hydrogens is 300 g/mol. The summed E-state index contributed by atoms with van der Waals surface area (Å²) in [6.07, 6.45) is 0. The Labute approximate surface area is 132 Å². The zero-order valence-corrected chi connectivity index (χ0v) is 12.8. The molecule has 0 aliphatic carbocycles.